The zero-order chi connectivity index (χ0) is 35.5. The second-order valence-electron chi connectivity index (χ2n) is 14.7. The third kappa shape index (κ3) is 5.10. The Morgan fingerprint density at radius 3 is 1.81 bits per heavy atom. The van der Waals surface area contributed by atoms with E-state index >= 15 is 0 Å². The summed E-state index contributed by atoms with van der Waals surface area (Å²) < 4.78 is 4.93. The predicted molar refractivity (Wildman–Crippen MR) is 220 cm³/mol. The zero-order valence-electron chi connectivity index (χ0n) is 29.6. The molecule has 2 aliphatic rings. The second kappa shape index (κ2) is 12.3. The van der Waals surface area contributed by atoms with Gasteiger partial charge in [-0.05, 0) is 101 Å². The standard InChI is InChI=1S/C50H37N3/c1-50(39-15-11-14-36(29-39)35-13-10-12-34(28-35)33-51)27-26-43-45-31-38(23-25-48(45)53(49(43)32-50)41-18-6-3-7-19-41)37-22-24-47-44(30-37)42-20-8-9-21-46(42)52(47)40-16-4-2-5-17-40/h2-8,10-20,22-31H,9,21,32H2,1H3. The van der Waals surface area contributed by atoms with Crippen molar-refractivity contribution in [2.45, 2.75) is 31.6 Å². The number of rotatable bonds is 5. The van der Waals surface area contributed by atoms with Gasteiger partial charge in [0.05, 0.1) is 22.7 Å². The van der Waals surface area contributed by atoms with Crippen LogP contribution in [0.2, 0.25) is 0 Å². The molecule has 0 bridgehead atoms. The summed E-state index contributed by atoms with van der Waals surface area (Å²) in [6.07, 6.45) is 12.4. The summed E-state index contributed by atoms with van der Waals surface area (Å²) >= 11 is 0. The average Bonchev–Trinajstić information content (AvgIpc) is 3.73. The second-order valence-corrected chi connectivity index (χ2v) is 14.7. The fraction of sp³-hybridized carbons (Fsp3) is 0.100. The van der Waals surface area contributed by atoms with Crippen LogP contribution in [0.3, 0.4) is 0 Å². The van der Waals surface area contributed by atoms with Gasteiger partial charge in [-0.1, -0.05) is 116 Å². The van der Waals surface area contributed by atoms with Crippen LogP contribution in [0, 0.1) is 11.3 Å². The number of aromatic nitrogens is 2. The largest absolute Gasteiger partial charge is 0.313 e. The molecule has 6 aromatic carbocycles. The normalized spacial score (nSPS) is 16.1. The van der Waals surface area contributed by atoms with Gasteiger partial charge < -0.3 is 9.13 Å². The molecule has 0 spiro atoms. The number of fused-ring (bicyclic) bond motifs is 6. The van der Waals surface area contributed by atoms with Gasteiger partial charge in [0.15, 0.2) is 0 Å². The Bertz CT molecular complexity index is 2820. The quantitative estimate of drug-likeness (QED) is 0.178. The number of benzene rings is 6. The van der Waals surface area contributed by atoms with E-state index in [1.807, 2.05) is 18.2 Å². The van der Waals surface area contributed by atoms with Crippen LogP contribution in [0.15, 0.2) is 158 Å². The molecular weight excluding hydrogens is 643 g/mol. The molecule has 3 nitrogen and oxygen atoms in total. The molecule has 1 unspecified atom stereocenters. The lowest BCUT2D eigenvalue weighted by Crippen LogP contribution is -2.26. The van der Waals surface area contributed by atoms with Crippen molar-refractivity contribution < 1.29 is 0 Å². The number of allylic oxidation sites excluding steroid dienone is 2. The fourth-order valence-electron chi connectivity index (χ4n) is 8.75. The zero-order valence-corrected chi connectivity index (χ0v) is 29.6. The van der Waals surface area contributed by atoms with Crippen molar-refractivity contribution in [2.24, 2.45) is 0 Å². The van der Waals surface area contributed by atoms with Gasteiger partial charge in [0.25, 0.3) is 0 Å². The van der Waals surface area contributed by atoms with Crippen LogP contribution in [-0.4, -0.2) is 9.13 Å². The van der Waals surface area contributed by atoms with Crippen molar-refractivity contribution in [3.63, 3.8) is 0 Å². The molecule has 3 heteroatoms. The minimum atomic E-state index is -0.219. The molecule has 0 saturated carbocycles. The summed E-state index contributed by atoms with van der Waals surface area (Å²) in [5.41, 5.74) is 16.6. The van der Waals surface area contributed by atoms with E-state index in [0.717, 1.165) is 30.4 Å². The van der Waals surface area contributed by atoms with Crippen molar-refractivity contribution in [3.8, 4) is 39.7 Å². The third-order valence-corrected chi connectivity index (χ3v) is 11.4. The van der Waals surface area contributed by atoms with Gasteiger partial charge in [-0.25, -0.2) is 0 Å². The van der Waals surface area contributed by atoms with Crippen molar-refractivity contribution in [2.75, 3.05) is 0 Å². The van der Waals surface area contributed by atoms with Gasteiger partial charge in [0.2, 0.25) is 0 Å². The van der Waals surface area contributed by atoms with E-state index < -0.39 is 0 Å². The van der Waals surface area contributed by atoms with Crippen LogP contribution in [0.4, 0.5) is 0 Å². The lowest BCUT2D eigenvalue weighted by molar-refractivity contribution is 0.573. The molecule has 0 amide bonds. The van der Waals surface area contributed by atoms with E-state index in [0.29, 0.717) is 5.56 Å². The third-order valence-electron chi connectivity index (χ3n) is 11.4. The Balaban J connectivity index is 1.10. The molecule has 8 aromatic rings. The average molecular weight is 680 g/mol. The fourth-order valence-corrected chi connectivity index (χ4v) is 8.75. The van der Waals surface area contributed by atoms with Gasteiger partial charge in [-0.2, -0.15) is 5.26 Å². The molecule has 2 heterocycles. The first-order valence-corrected chi connectivity index (χ1v) is 18.5. The number of nitrogens with zero attached hydrogens (tertiary/aromatic N) is 3. The molecular formula is C50H37N3. The Kier molecular flexibility index (Phi) is 7.20. The summed E-state index contributed by atoms with van der Waals surface area (Å²) in [4.78, 5) is 0. The maximum absolute atomic E-state index is 9.52. The van der Waals surface area contributed by atoms with E-state index in [2.05, 4.69) is 174 Å². The van der Waals surface area contributed by atoms with E-state index in [-0.39, 0.29) is 5.41 Å². The SMILES string of the molecule is CC1(c2cccc(-c3cccc(C#N)c3)c2)C=Cc2c(n(-c3ccccc3)c3ccc(-c4ccc5c(c4)c4c(n5-c5ccccc5)CCC=C4)cc23)C1. The van der Waals surface area contributed by atoms with Gasteiger partial charge in [0, 0.05) is 56.5 Å². The van der Waals surface area contributed by atoms with Crippen LogP contribution in [0.25, 0.3) is 67.6 Å². The topological polar surface area (TPSA) is 33.6 Å². The van der Waals surface area contributed by atoms with Crippen LogP contribution in [0.5, 0.6) is 0 Å². The Labute approximate surface area is 310 Å². The summed E-state index contributed by atoms with van der Waals surface area (Å²) in [5, 5.41) is 12.1. The maximum atomic E-state index is 9.52. The molecule has 0 aliphatic heterocycles. The lowest BCUT2D eigenvalue weighted by Gasteiger charge is -2.31. The number of nitriles is 1. The Morgan fingerprint density at radius 1 is 0.566 bits per heavy atom. The number of hydrogen-bond donors (Lipinski definition) is 0. The summed E-state index contributed by atoms with van der Waals surface area (Å²) in [6.45, 7) is 2.35. The molecule has 252 valence electrons. The van der Waals surface area contributed by atoms with Crippen LogP contribution < -0.4 is 0 Å². The van der Waals surface area contributed by atoms with Crippen molar-refractivity contribution in [1.29, 1.82) is 5.26 Å². The lowest BCUT2D eigenvalue weighted by atomic mass is 9.74. The molecule has 10 rings (SSSR count). The van der Waals surface area contributed by atoms with Crippen LogP contribution >= 0.6 is 0 Å². The highest BCUT2D eigenvalue weighted by Gasteiger charge is 2.32. The van der Waals surface area contributed by atoms with Gasteiger partial charge in [-0.15, -0.1) is 0 Å². The van der Waals surface area contributed by atoms with E-state index in [1.54, 1.807) is 0 Å². The number of hydrogen-bond acceptors (Lipinski definition) is 1. The summed E-state index contributed by atoms with van der Waals surface area (Å²) in [6, 6.07) is 54.6. The predicted octanol–water partition coefficient (Wildman–Crippen LogP) is 12.3. The highest BCUT2D eigenvalue weighted by molar-refractivity contribution is 5.99. The van der Waals surface area contributed by atoms with E-state index in [9.17, 15) is 5.26 Å². The Morgan fingerprint density at radius 2 is 1.15 bits per heavy atom. The van der Waals surface area contributed by atoms with Crippen molar-refractivity contribution >= 4 is 34.0 Å². The van der Waals surface area contributed by atoms with Crippen molar-refractivity contribution in [1.82, 2.24) is 9.13 Å². The van der Waals surface area contributed by atoms with Crippen LogP contribution in [-0.2, 0) is 18.3 Å². The molecule has 2 aliphatic carbocycles. The first kappa shape index (κ1) is 31.1. The maximum Gasteiger partial charge on any atom is 0.0991 e. The van der Waals surface area contributed by atoms with E-state index in [1.165, 1.54) is 72.4 Å². The summed E-state index contributed by atoms with van der Waals surface area (Å²) in [7, 11) is 0. The summed E-state index contributed by atoms with van der Waals surface area (Å²) in [5.74, 6) is 0. The molecule has 0 fully saturated rings. The highest BCUT2D eigenvalue weighted by atomic mass is 15.0. The van der Waals surface area contributed by atoms with Gasteiger partial charge >= 0.3 is 0 Å². The highest BCUT2D eigenvalue weighted by Crippen LogP contribution is 2.44. The van der Waals surface area contributed by atoms with Crippen LogP contribution in [0.1, 0.15) is 47.0 Å². The monoisotopic (exact) mass is 679 g/mol. The minimum Gasteiger partial charge on any atom is -0.313 e. The first-order chi connectivity index (χ1) is 26.1. The van der Waals surface area contributed by atoms with E-state index in [4.69, 9.17) is 0 Å². The smallest absolute Gasteiger partial charge is 0.0991 e. The van der Waals surface area contributed by atoms with Crippen molar-refractivity contribution in [3.05, 3.63) is 191 Å². The molecule has 2 aromatic heterocycles. The number of para-hydroxylation sites is 2. The molecule has 0 saturated heterocycles. The Hall–Kier alpha value is -6.63. The molecule has 53 heavy (non-hydrogen) atoms. The molecule has 0 N–H and O–H groups in total. The van der Waals surface area contributed by atoms with Gasteiger partial charge in [0.1, 0.15) is 0 Å². The molecule has 1 atom stereocenters. The van der Waals surface area contributed by atoms with Gasteiger partial charge in [-0.3, -0.25) is 0 Å². The first-order valence-electron chi connectivity index (χ1n) is 18.5. The minimum absolute atomic E-state index is 0.219. The molecule has 0 radical (unpaired) electrons.